The lowest BCUT2D eigenvalue weighted by Crippen LogP contribution is -2.50. The number of benzene rings is 2. The van der Waals surface area contributed by atoms with Gasteiger partial charge in [0, 0.05) is 51.4 Å². The van der Waals surface area contributed by atoms with E-state index in [1.54, 1.807) is 19.2 Å². The van der Waals surface area contributed by atoms with Crippen LogP contribution < -0.4 is 14.8 Å². The van der Waals surface area contributed by atoms with E-state index in [9.17, 15) is 10.1 Å². The molecule has 0 aliphatic carbocycles. The van der Waals surface area contributed by atoms with Gasteiger partial charge in [0.15, 0.2) is 11.5 Å². The van der Waals surface area contributed by atoms with Gasteiger partial charge in [-0.25, -0.2) is 4.99 Å². The minimum atomic E-state index is -0.409. The van der Waals surface area contributed by atoms with Gasteiger partial charge in [0.2, 0.25) is 0 Å². The fraction of sp³-hybridized carbons (Fsp3) is 0.444. The number of hydrogen-bond acceptors (Lipinski definition) is 7. The van der Waals surface area contributed by atoms with Crippen LogP contribution in [-0.2, 0) is 16.1 Å². The Balaban J connectivity index is 1.45. The first-order valence-electron chi connectivity index (χ1n) is 12.3. The van der Waals surface area contributed by atoms with Crippen molar-refractivity contribution in [2.75, 3.05) is 53.0 Å². The van der Waals surface area contributed by atoms with Crippen molar-refractivity contribution >= 4 is 17.4 Å². The van der Waals surface area contributed by atoms with Crippen LogP contribution in [0.25, 0.3) is 0 Å². The molecule has 2 aromatic rings. The molecule has 4 rings (SSSR count). The summed E-state index contributed by atoms with van der Waals surface area (Å²) in [6.45, 7) is 6.93. The van der Waals surface area contributed by atoms with Crippen molar-refractivity contribution in [3.63, 3.8) is 0 Å². The number of carbonyl (C=O) groups is 1. The molecule has 36 heavy (non-hydrogen) atoms. The standard InChI is InChI=1S/C27H33N5O4/c1-20(31-10-6-11-32(13-12-31)27(33)26-18-29-9-14-35-26)30-23-16-24(34-2)25(15-22(23)17-28)36-19-21-7-4-3-5-8-21/h3-5,7-8,15-16,26,29H,6,9-14,18-19H2,1-2H3/b30-20+. The molecule has 2 aliphatic rings. The Labute approximate surface area is 212 Å². The van der Waals surface area contributed by atoms with Crippen LogP contribution in [0.2, 0.25) is 0 Å². The maximum atomic E-state index is 12.9. The van der Waals surface area contributed by atoms with Crippen molar-refractivity contribution in [1.29, 1.82) is 5.26 Å². The molecule has 1 unspecified atom stereocenters. The van der Waals surface area contributed by atoms with Gasteiger partial charge in [-0.2, -0.15) is 5.26 Å². The van der Waals surface area contributed by atoms with E-state index < -0.39 is 6.10 Å². The van der Waals surface area contributed by atoms with E-state index in [1.165, 1.54) is 0 Å². The van der Waals surface area contributed by atoms with Gasteiger partial charge in [-0.15, -0.1) is 0 Å². The van der Waals surface area contributed by atoms with Crippen molar-refractivity contribution in [3.05, 3.63) is 53.6 Å². The lowest BCUT2D eigenvalue weighted by Gasteiger charge is -2.29. The molecule has 9 heteroatoms. The van der Waals surface area contributed by atoms with Gasteiger partial charge < -0.3 is 29.3 Å². The average molecular weight is 492 g/mol. The molecule has 0 aromatic heterocycles. The van der Waals surface area contributed by atoms with E-state index in [0.717, 1.165) is 30.9 Å². The van der Waals surface area contributed by atoms with Crippen LogP contribution in [-0.4, -0.2) is 80.6 Å². The minimum Gasteiger partial charge on any atom is -0.493 e. The molecule has 0 radical (unpaired) electrons. The van der Waals surface area contributed by atoms with Crippen LogP contribution in [0.3, 0.4) is 0 Å². The third-order valence-electron chi connectivity index (χ3n) is 6.39. The van der Waals surface area contributed by atoms with Crippen molar-refractivity contribution in [2.45, 2.75) is 26.1 Å². The summed E-state index contributed by atoms with van der Waals surface area (Å²) in [7, 11) is 1.57. The number of nitriles is 1. The topological polar surface area (TPSA) is 99.4 Å². The van der Waals surface area contributed by atoms with E-state index in [2.05, 4.69) is 16.3 Å². The average Bonchev–Trinajstić information content (AvgIpc) is 3.19. The van der Waals surface area contributed by atoms with E-state index in [0.29, 0.717) is 62.1 Å². The number of methoxy groups -OCH3 is 1. The molecule has 2 saturated heterocycles. The van der Waals surface area contributed by atoms with Gasteiger partial charge in [-0.1, -0.05) is 30.3 Å². The third kappa shape index (κ3) is 6.33. The van der Waals surface area contributed by atoms with Crippen molar-refractivity contribution < 1.29 is 19.0 Å². The molecule has 190 valence electrons. The Morgan fingerprint density at radius 3 is 2.67 bits per heavy atom. The maximum absolute atomic E-state index is 12.9. The van der Waals surface area contributed by atoms with E-state index in [-0.39, 0.29) is 5.91 Å². The molecule has 2 aliphatic heterocycles. The van der Waals surface area contributed by atoms with Crippen molar-refractivity contribution in [3.8, 4) is 17.6 Å². The highest BCUT2D eigenvalue weighted by Crippen LogP contribution is 2.35. The predicted molar refractivity (Wildman–Crippen MR) is 137 cm³/mol. The second-order valence-corrected chi connectivity index (χ2v) is 8.79. The summed E-state index contributed by atoms with van der Waals surface area (Å²) in [6, 6.07) is 15.5. The van der Waals surface area contributed by atoms with E-state index in [1.807, 2.05) is 42.2 Å². The summed E-state index contributed by atoms with van der Waals surface area (Å²) in [4.78, 5) is 21.7. The third-order valence-corrected chi connectivity index (χ3v) is 6.39. The number of hydrogen-bond donors (Lipinski definition) is 1. The Morgan fingerprint density at radius 2 is 1.94 bits per heavy atom. The molecule has 1 atom stereocenters. The van der Waals surface area contributed by atoms with Crippen molar-refractivity contribution in [2.24, 2.45) is 4.99 Å². The Morgan fingerprint density at radius 1 is 1.17 bits per heavy atom. The molecule has 1 amide bonds. The number of ether oxygens (including phenoxy) is 3. The van der Waals surface area contributed by atoms with Gasteiger partial charge in [0.1, 0.15) is 24.6 Å². The molecule has 2 heterocycles. The number of carbonyl (C=O) groups excluding carboxylic acids is 1. The summed E-state index contributed by atoms with van der Waals surface area (Å²) in [5.74, 6) is 1.85. The highest BCUT2D eigenvalue weighted by molar-refractivity contribution is 5.84. The first kappa shape index (κ1) is 25.5. The van der Waals surface area contributed by atoms with E-state index in [4.69, 9.17) is 19.2 Å². The second-order valence-electron chi connectivity index (χ2n) is 8.79. The number of rotatable bonds is 6. The molecule has 0 saturated carbocycles. The molecule has 0 bridgehead atoms. The highest BCUT2D eigenvalue weighted by atomic mass is 16.5. The van der Waals surface area contributed by atoms with E-state index >= 15 is 0 Å². The molecule has 9 nitrogen and oxygen atoms in total. The Hall–Kier alpha value is -3.61. The quantitative estimate of drug-likeness (QED) is 0.490. The van der Waals surface area contributed by atoms with Gasteiger partial charge in [0.05, 0.1) is 25.0 Å². The molecular weight excluding hydrogens is 458 g/mol. The van der Waals surface area contributed by atoms with Gasteiger partial charge >= 0.3 is 0 Å². The number of amides is 1. The van der Waals surface area contributed by atoms with Crippen LogP contribution in [0.1, 0.15) is 24.5 Å². The number of nitrogens with zero attached hydrogens (tertiary/aromatic N) is 4. The van der Waals surface area contributed by atoms with Gasteiger partial charge in [0.25, 0.3) is 5.91 Å². The van der Waals surface area contributed by atoms with Crippen LogP contribution in [0.5, 0.6) is 11.5 Å². The van der Waals surface area contributed by atoms with Crippen LogP contribution in [0.15, 0.2) is 47.5 Å². The van der Waals surface area contributed by atoms with Gasteiger partial charge in [-0.3, -0.25) is 4.79 Å². The number of morpholine rings is 1. The summed E-state index contributed by atoms with van der Waals surface area (Å²) < 4.78 is 17.1. The van der Waals surface area contributed by atoms with Crippen molar-refractivity contribution in [1.82, 2.24) is 15.1 Å². The first-order chi connectivity index (χ1) is 17.6. The first-order valence-corrected chi connectivity index (χ1v) is 12.3. The Kier molecular flexibility index (Phi) is 8.76. The van der Waals surface area contributed by atoms with Crippen LogP contribution in [0.4, 0.5) is 5.69 Å². The smallest absolute Gasteiger partial charge is 0.253 e. The van der Waals surface area contributed by atoms with Gasteiger partial charge in [-0.05, 0) is 18.9 Å². The Bertz CT molecular complexity index is 1110. The zero-order chi connectivity index (χ0) is 25.3. The fourth-order valence-electron chi connectivity index (χ4n) is 4.37. The summed E-state index contributed by atoms with van der Waals surface area (Å²) >= 11 is 0. The highest BCUT2D eigenvalue weighted by Gasteiger charge is 2.28. The number of aliphatic imine (C=N–C) groups is 1. The summed E-state index contributed by atoms with van der Waals surface area (Å²) in [5.41, 5.74) is 1.96. The largest absolute Gasteiger partial charge is 0.493 e. The van der Waals surface area contributed by atoms with Crippen LogP contribution >= 0.6 is 0 Å². The fourth-order valence-corrected chi connectivity index (χ4v) is 4.37. The maximum Gasteiger partial charge on any atom is 0.253 e. The predicted octanol–water partition coefficient (Wildman–Crippen LogP) is 2.72. The lowest BCUT2D eigenvalue weighted by molar-refractivity contribution is -0.145. The normalized spacial score (nSPS) is 18.8. The summed E-state index contributed by atoms with van der Waals surface area (Å²) in [5, 5.41) is 13.0. The zero-order valence-electron chi connectivity index (χ0n) is 20.9. The minimum absolute atomic E-state index is 0.0428. The molecule has 2 fully saturated rings. The molecule has 1 N–H and O–H groups in total. The number of nitrogens with one attached hydrogen (secondary N) is 1. The molecular formula is C27H33N5O4. The SMILES string of the molecule is COc1cc(/N=C(\C)N2CCCN(C(=O)C3CNCCO3)CC2)c(C#N)cc1OCc1ccccc1. The van der Waals surface area contributed by atoms with Crippen LogP contribution in [0, 0.1) is 11.3 Å². The zero-order valence-corrected chi connectivity index (χ0v) is 20.9. The molecule has 0 spiro atoms. The monoisotopic (exact) mass is 491 g/mol. The lowest BCUT2D eigenvalue weighted by atomic mass is 10.1. The molecule has 2 aromatic carbocycles. The second kappa shape index (κ2) is 12.4. The number of amidine groups is 1. The summed E-state index contributed by atoms with van der Waals surface area (Å²) in [6.07, 6.45) is 0.424.